The van der Waals surface area contributed by atoms with E-state index in [2.05, 4.69) is 0 Å². The first kappa shape index (κ1) is 13.8. The molecule has 0 aliphatic carbocycles. The predicted molar refractivity (Wildman–Crippen MR) is 68.2 cm³/mol. The molecule has 0 spiro atoms. The number of nitrogens with zero attached hydrogens (tertiary/aromatic N) is 1. The van der Waals surface area contributed by atoms with Gasteiger partial charge in [0.05, 0.1) is 12.1 Å². The quantitative estimate of drug-likeness (QED) is 0.842. The third-order valence-electron chi connectivity index (χ3n) is 3.12. The van der Waals surface area contributed by atoms with E-state index in [1.807, 2.05) is 20.8 Å². The van der Waals surface area contributed by atoms with Crippen LogP contribution in [-0.4, -0.2) is 35.8 Å². The maximum Gasteiger partial charge on any atom is 0.263 e. The lowest BCUT2D eigenvalue weighted by Crippen LogP contribution is -2.49. The molecule has 0 saturated carbocycles. The highest BCUT2D eigenvalue weighted by atomic mass is 19.1. The maximum absolute atomic E-state index is 13.0. The maximum atomic E-state index is 13.0. The highest BCUT2D eigenvalue weighted by Crippen LogP contribution is 2.26. The molecule has 1 aromatic rings. The van der Waals surface area contributed by atoms with Crippen molar-refractivity contribution in [2.75, 3.05) is 13.2 Å². The van der Waals surface area contributed by atoms with Crippen LogP contribution in [0.1, 0.15) is 20.8 Å². The van der Waals surface area contributed by atoms with Crippen LogP contribution in [0.2, 0.25) is 0 Å². The van der Waals surface area contributed by atoms with Gasteiger partial charge in [-0.05, 0) is 32.9 Å². The molecule has 1 aliphatic rings. The lowest BCUT2D eigenvalue weighted by Gasteiger charge is -2.31. The van der Waals surface area contributed by atoms with Crippen molar-refractivity contribution >= 4 is 5.91 Å². The molecule has 1 saturated heterocycles. The standard InChI is InChI=1S/C14H18FNO3/c1-10-16(14(2,3)9-19-10)13(17)8-18-12-6-4-5-11(15)7-12/h4-7,10H,8-9H2,1-3H3. The molecule has 5 heteroatoms. The summed E-state index contributed by atoms with van der Waals surface area (Å²) in [7, 11) is 0. The van der Waals surface area contributed by atoms with Gasteiger partial charge in [-0.15, -0.1) is 0 Å². The average Bonchev–Trinajstić information content (AvgIpc) is 2.61. The normalized spacial score (nSPS) is 21.5. The fraction of sp³-hybridized carbons (Fsp3) is 0.500. The monoisotopic (exact) mass is 267 g/mol. The van der Waals surface area contributed by atoms with E-state index in [1.54, 1.807) is 17.0 Å². The van der Waals surface area contributed by atoms with E-state index in [-0.39, 0.29) is 30.1 Å². The zero-order valence-electron chi connectivity index (χ0n) is 11.4. The summed E-state index contributed by atoms with van der Waals surface area (Å²) in [5.41, 5.74) is -0.345. The van der Waals surface area contributed by atoms with Crippen LogP contribution < -0.4 is 4.74 Å². The van der Waals surface area contributed by atoms with Gasteiger partial charge in [-0.3, -0.25) is 4.79 Å². The predicted octanol–water partition coefficient (Wildman–Crippen LogP) is 2.19. The van der Waals surface area contributed by atoms with Crippen molar-refractivity contribution in [1.82, 2.24) is 4.90 Å². The van der Waals surface area contributed by atoms with E-state index in [9.17, 15) is 9.18 Å². The number of amides is 1. The highest BCUT2D eigenvalue weighted by Gasteiger charge is 2.41. The molecule has 1 fully saturated rings. The number of halogens is 1. The summed E-state index contributed by atoms with van der Waals surface area (Å²) in [6, 6.07) is 5.74. The first-order valence-electron chi connectivity index (χ1n) is 6.22. The Kier molecular flexibility index (Phi) is 3.75. The Morgan fingerprint density at radius 2 is 2.32 bits per heavy atom. The van der Waals surface area contributed by atoms with E-state index in [4.69, 9.17) is 9.47 Å². The van der Waals surface area contributed by atoms with Crippen molar-refractivity contribution in [3.05, 3.63) is 30.1 Å². The van der Waals surface area contributed by atoms with Crippen LogP contribution in [0.5, 0.6) is 5.75 Å². The molecule has 19 heavy (non-hydrogen) atoms. The van der Waals surface area contributed by atoms with Gasteiger partial charge in [0.25, 0.3) is 5.91 Å². The number of rotatable bonds is 3. The van der Waals surface area contributed by atoms with Crippen molar-refractivity contribution in [3.8, 4) is 5.75 Å². The number of hydrogen-bond donors (Lipinski definition) is 0. The molecule has 4 nitrogen and oxygen atoms in total. The van der Waals surface area contributed by atoms with E-state index in [1.165, 1.54) is 12.1 Å². The van der Waals surface area contributed by atoms with Crippen LogP contribution in [0.4, 0.5) is 4.39 Å². The van der Waals surface area contributed by atoms with Gasteiger partial charge in [0, 0.05) is 6.07 Å². The molecular weight excluding hydrogens is 249 g/mol. The molecule has 1 aliphatic heterocycles. The molecule has 1 aromatic carbocycles. The molecule has 1 heterocycles. The average molecular weight is 267 g/mol. The zero-order valence-corrected chi connectivity index (χ0v) is 11.4. The molecule has 1 atom stereocenters. The van der Waals surface area contributed by atoms with Gasteiger partial charge in [0.15, 0.2) is 6.61 Å². The van der Waals surface area contributed by atoms with Crippen molar-refractivity contribution in [3.63, 3.8) is 0 Å². The number of benzene rings is 1. The Hall–Kier alpha value is -1.62. The number of ether oxygens (including phenoxy) is 2. The largest absolute Gasteiger partial charge is 0.484 e. The minimum Gasteiger partial charge on any atom is -0.484 e. The molecule has 1 unspecified atom stereocenters. The van der Waals surface area contributed by atoms with Crippen molar-refractivity contribution in [2.45, 2.75) is 32.5 Å². The second-order valence-corrected chi connectivity index (χ2v) is 5.23. The third kappa shape index (κ3) is 3.04. The SMILES string of the molecule is CC1OCC(C)(C)N1C(=O)COc1cccc(F)c1. The molecule has 1 amide bonds. The Balaban J connectivity index is 1.98. The van der Waals surface area contributed by atoms with Crippen LogP contribution in [0.15, 0.2) is 24.3 Å². The van der Waals surface area contributed by atoms with E-state index in [0.717, 1.165) is 0 Å². The van der Waals surface area contributed by atoms with Crippen LogP contribution in [0.3, 0.4) is 0 Å². The molecule has 104 valence electrons. The second kappa shape index (κ2) is 5.17. The van der Waals surface area contributed by atoms with Crippen molar-refractivity contribution in [1.29, 1.82) is 0 Å². The van der Waals surface area contributed by atoms with Gasteiger partial charge in [-0.25, -0.2) is 4.39 Å². The second-order valence-electron chi connectivity index (χ2n) is 5.23. The van der Waals surface area contributed by atoms with Crippen LogP contribution in [0.25, 0.3) is 0 Å². The Bertz CT molecular complexity index is 476. The topological polar surface area (TPSA) is 38.8 Å². The van der Waals surface area contributed by atoms with Gasteiger partial charge in [-0.2, -0.15) is 0 Å². The first-order chi connectivity index (χ1) is 8.90. The van der Waals surface area contributed by atoms with Gasteiger partial charge >= 0.3 is 0 Å². The number of hydrogen-bond acceptors (Lipinski definition) is 3. The first-order valence-corrected chi connectivity index (χ1v) is 6.22. The minimum atomic E-state index is -0.386. The fourth-order valence-corrected chi connectivity index (χ4v) is 2.27. The number of carbonyl (C=O) groups excluding carboxylic acids is 1. The summed E-state index contributed by atoms with van der Waals surface area (Å²) >= 11 is 0. The van der Waals surface area contributed by atoms with Gasteiger partial charge < -0.3 is 14.4 Å². The summed E-state index contributed by atoms with van der Waals surface area (Å²) in [6.07, 6.45) is -0.265. The van der Waals surface area contributed by atoms with Gasteiger partial charge in [-0.1, -0.05) is 6.07 Å². The van der Waals surface area contributed by atoms with Gasteiger partial charge in [0.1, 0.15) is 17.8 Å². The molecule has 0 aromatic heterocycles. The Morgan fingerprint density at radius 3 is 2.89 bits per heavy atom. The number of carbonyl (C=O) groups is 1. The van der Waals surface area contributed by atoms with E-state index in [0.29, 0.717) is 12.4 Å². The molecular formula is C14H18FNO3. The molecule has 0 bridgehead atoms. The molecule has 0 radical (unpaired) electrons. The van der Waals surface area contributed by atoms with Crippen LogP contribution in [0, 0.1) is 5.82 Å². The minimum absolute atomic E-state index is 0.124. The summed E-state index contributed by atoms with van der Waals surface area (Å²) in [5, 5.41) is 0. The lowest BCUT2D eigenvalue weighted by atomic mass is 10.1. The smallest absolute Gasteiger partial charge is 0.263 e. The van der Waals surface area contributed by atoms with Crippen LogP contribution >= 0.6 is 0 Å². The summed E-state index contributed by atoms with van der Waals surface area (Å²) in [5.74, 6) is -0.207. The molecule has 0 N–H and O–H groups in total. The summed E-state index contributed by atoms with van der Waals surface area (Å²) in [4.78, 5) is 13.8. The van der Waals surface area contributed by atoms with Crippen molar-refractivity contribution < 1.29 is 18.7 Å². The molecule has 2 rings (SSSR count). The van der Waals surface area contributed by atoms with E-state index >= 15 is 0 Å². The van der Waals surface area contributed by atoms with Gasteiger partial charge in [0.2, 0.25) is 0 Å². The summed E-state index contributed by atoms with van der Waals surface area (Å²) in [6.45, 7) is 6.09. The summed E-state index contributed by atoms with van der Waals surface area (Å²) < 4.78 is 23.8. The highest BCUT2D eigenvalue weighted by molar-refractivity contribution is 5.79. The Morgan fingerprint density at radius 1 is 1.58 bits per heavy atom. The van der Waals surface area contributed by atoms with Crippen LogP contribution in [-0.2, 0) is 9.53 Å². The van der Waals surface area contributed by atoms with E-state index < -0.39 is 0 Å². The van der Waals surface area contributed by atoms with Crippen molar-refractivity contribution in [2.24, 2.45) is 0 Å². The zero-order chi connectivity index (χ0) is 14.0. The fourth-order valence-electron chi connectivity index (χ4n) is 2.27. The Labute approximate surface area is 112 Å². The lowest BCUT2D eigenvalue weighted by molar-refractivity contribution is -0.141. The third-order valence-corrected chi connectivity index (χ3v) is 3.12.